The molecule has 0 aliphatic heterocycles. The number of aromatic nitrogens is 3. The number of halogens is 3. The van der Waals surface area contributed by atoms with Gasteiger partial charge in [0.25, 0.3) is 0 Å². The van der Waals surface area contributed by atoms with E-state index < -0.39 is 35.5 Å². The lowest BCUT2D eigenvalue weighted by molar-refractivity contribution is -0.146. The SMILES string of the molecule is CC(C(=O)NC1CC1)n1nnc(C(=O)O)c1C(F)(F)F. The zero-order valence-electron chi connectivity index (χ0n) is 10.3. The summed E-state index contributed by atoms with van der Waals surface area (Å²) in [6, 6.07) is -1.32. The molecule has 1 unspecified atom stereocenters. The molecule has 1 amide bonds. The number of aromatic carboxylic acids is 1. The molecular formula is C10H11F3N4O3. The van der Waals surface area contributed by atoms with Crippen LogP contribution in [0.3, 0.4) is 0 Å². The van der Waals surface area contributed by atoms with Crippen LogP contribution in [0, 0.1) is 0 Å². The second-order valence-electron chi connectivity index (χ2n) is 4.49. The summed E-state index contributed by atoms with van der Waals surface area (Å²) >= 11 is 0. The normalized spacial score (nSPS) is 16.8. The molecule has 0 aromatic carbocycles. The van der Waals surface area contributed by atoms with Crippen LogP contribution in [0.25, 0.3) is 0 Å². The minimum atomic E-state index is -4.97. The Morgan fingerprint density at radius 1 is 1.45 bits per heavy atom. The molecule has 0 bridgehead atoms. The van der Waals surface area contributed by atoms with Crippen molar-refractivity contribution in [2.24, 2.45) is 0 Å². The molecule has 10 heteroatoms. The number of alkyl halides is 3. The molecular weight excluding hydrogens is 281 g/mol. The van der Waals surface area contributed by atoms with E-state index in [0.717, 1.165) is 12.8 Å². The fourth-order valence-corrected chi connectivity index (χ4v) is 1.63. The third kappa shape index (κ3) is 2.73. The van der Waals surface area contributed by atoms with Crippen LogP contribution in [-0.4, -0.2) is 38.0 Å². The Balaban J connectivity index is 2.35. The predicted molar refractivity (Wildman–Crippen MR) is 57.9 cm³/mol. The largest absolute Gasteiger partial charge is 0.476 e. The van der Waals surface area contributed by atoms with E-state index in [1.807, 2.05) is 0 Å². The Hall–Kier alpha value is -2.13. The Morgan fingerprint density at radius 3 is 2.50 bits per heavy atom. The average Bonchev–Trinajstić information content (AvgIpc) is 3.01. The number of hydrogen-bond donors (Lipinski definition) is 2. The summed E-state index contributed by atoms with van der Waals surface area (Å²) in [5.41, 5.74) is -2.76. The van der Waals surface area contributed by atoms with Crippen molar-refractivity contribution in [1.29, 1.82) is 0 Å². The third-order valence-corrected chi connectivity index (χ3v) is 2.84. The van der Waals surface area contributed by atoms with Gasteiger partial charge in [0.05, 0.1) is 0 Å². The van der Waals surface area contributed by atoms with Gasteiger partial charge in [-0.25, -0.2) is 9.48 Å². The van der Waals surface area contributed by atoms with Gasteiger partial charge in [0.15, 0.2) is 5.69 Å². The first-order valence-electron chi connectivity index (χ1n) is 5.78. The van der Waals surface area contributed by atoms with E-state index in [4.69, 9.17) is 5.11 Å². The van der Waals surface area contributed by atoms with Gasteiger partial charge in [-0.15, -0.1) is 5.10 Å². The zero-order chi connectivity index (χ0) is 15.1. The first-order chi connectivity index (χ1) is 9.21. The van der Waals surface area contributed by atoms with Crippen LogP contribution < -0.4 is 5.32 Å². The van der Waals surface area contributed by atoms with E-state index in [9.17, 15) is 22.8 Å². The molecule has 7 nitrogen and oxygen atoms in total. The highest BCUT2D eigenvalue weighted by Gasteiger charge is 2.43. The van der Waals surface area contributed by atoms with Crippen LogP contribution >= 0.6 is 0 Å². The smallest absolute Gasteiger partial charge is 0.435 e. The van der Waals surface area contributed by atoms with Crippen molar-refractivity contribution in [2.75, 3.05) is 0 Å². The quantitative estimate of drug-likeness (QED) is 0.857. The van der Waals surface area contributed by atoms with Gasteiger partial charge in [-0.2, -0.15) is 13.2 Å². The number of nitrogens with one attached hydrogen (secondary N) is 1. The van der Waals surface area contributed by atoms with Crippen LogP contribution in [0.1, 0.15) is 42.0 Å². The van der Waals surface area contributed by atoms with Crippen LogP contribution in [-0.2, 0) is 11.0 Å². The maximum Gasteiger partial charge on any atom is 0.435 e. The molecule has 1 fully saturated rings. The van der Waals surface area contributed by atoms with Crippen molar-refractivity contribution < 1.29 is 27.9 Å². The number of nitrogens with zero attached hydrogens (tertiary/aromatic N) is 3. The maximum absolute atomic E-state index is 12.9. The predicted octanol–water partition coefficient (Wildman–Crippen LogP) is 0.835. The lowest BCUT2D eigenvalue weighted by atomic mass is 10.2. The summed E-state index contributed by atoms with van der Waals surface area (Å²) in [5, 5.41) is 17.4. The Kier molecular flexibility index (Phi) is 3.40. The minimum Gasteiger partial charge on any atom is -0.476 e. The third-order valence-electron chi connectivity index (χ3n) is 2.84. The topological polar surface area (TPSA) is 97.1 Å². The van der Waals surface area contributed by atoms with Crippen molar-refractivity contribution in [3.8, 4) is 0 Å². The van der Waals surface area contributed by atoms with Crippen molar-refractivity contribution in [1.82, 2.24) is 20.3 Å². The van der Waals surface area contributed by atoms with Gasteiger partial charge >= 0.3 is 12.1 Å². The Bertz CT molecular complexity index is 550. The number of carboxylic acids is 1. The molecule has 1 aromatic heterocycles. The van der Waals surface area contributed by atoms with Crippen LogP contribution in [0.15, 0.2) is 0 Å². The number of amides is 1. The molecule has 0 radical (unpaired) electrons. The summed E-state index contributed by atoms with van der Waals surface area (Å²) in [6.45, 7) is 1.20. The molecule has 20 heavy (non-hydrogen) atoms. The summed E-state index contributed by atoms with van der Waals surface area (Å²) in [5.74, 6) is -2.50. The first-order valence-corrected chi connectivity index (χ1v) is 5.78. The highest BCUT2D eigenvalue weighted by molar-refractivity contribution is 5.87. The second-order valence-corrected chi connectivity index (χ2v) is 4.49. The van der Waals surface area contributed by atoms with E-state index in [-0.39, 0.29) is 6.04 Å². The highest BCUT2D eigenvalue weighted by Crippen LogP contribution is 2.33. The van der Waals surface area contributed by atoms with E-state index >= 15 is 0 Å². The van der Waals surface area contributed by atoms with Crippen molar-refractivity contribution in [3.05, 3.63) is 11.4 Å². The van der Waals surface area contributed by atoms with E-state index in [1.165, 1.54) is 6.92 Å². The molecule has 1 aliphatic carbocycles. The summed E-state index contributed by atoms with van der Waals surface area (Å²) in [7, 11) is 0. The van der Waals surface area contributed by atoms with Crippen molar-refractivity contribution >= 4 is 11.9 Å². The Labute approximate surface area is 110 Å². The van der Waals surface area contributed by atoms with Gasteiger partial charge in [0, 0.05) is 6.04 Å². The number of rotatable bonds is 4. The first kappa shape index (κ1) is 14.3. The minimum absolute atomic E-state index is 0.0262. The molecule has 2 rings (SSSR count). The zero-order valence-corrected chi connectivity index (χ0v) is 10.3. The van der Waals surface area contributed by atoms with Gasteiger partial charge in [-0.05, 0) is 19.8 Å². The lowest BCUT2D eigenvalue weighted by Gasteiger charge is -2.16. The van der Waals surface area contributed by atoms with Crippen LogP contribution in [0.2, 0.25) is 0 Å². The Morgan fingerprint density at radius 2 is 2.05 bits per heavy atom. The number of carboxylic acid groups (broad SMARTS) is 1. The van der Waals surface area contributed by atoms with Gasteiger partial charge in [-0.1, -0.05) is 5.21 Å². The average molecular weight is 292 g/mol. The molecule has 1 atom stereocenters. The summed E-state index contributed by atoms with van der Waals surface area (Å²) < 4.78 is 39.0. The van der Waals surface area contributed by atoms with Gasteiger partial charge < -0.3 is 10.4 Å². The van der Waals surface area contributed by atoms with Crippen molar-refractivity contribution in [3.63, 3.8) is 0 Å². The van der Waals surface area contributed by atoms with Gasteiger partial charge in [0.1, 0.15) is 6.04 Å². The summed E-state index contributed by atoms with van der Waals surface area (Å²) in [6.07, 6.45) is -3.41. The monoisotopic (exact) mass is 292 g/mol. The van der Waals surface area contributed by atoms with Crippen LogP contribution in [0.4, 0.5) is 13.2 Å². The number of carbonyl (C=O) groups excluding carboxylic acids is 1. The molecule has 0 saturated heterocycles. The van der Waals surface area contributed by atoms with E-state index in [0.29, 0.717) is 4.68 Å². The van der Waals surface area contributed by atoms with Gasteiger partial charge in [0.2, 0.25) is 11.6 Å². The van der Waals surface area contributed by atoms with E-state index in [2.05, 4.69) is 15.6 Å². The molecule has 1 saturated carbocycles. The fraction of sp³-hybridized carbons (Fsp3) is 0.600. The van der Waals surface area contributed by atoms with E-state index in [1.54, 1.807) is 0 Å². The molecule has 1 aliphatic rings. The molecule has 2 N–H and O–H groups in total. The highest BCUT2D eigenvalue weighted by atomic mass is 19.4. The molecule has 1 heterocycles. The van der Waals surface area contributed by atoms with Crippen LogP contribution in [0.5, 0.6) is 0 Å². The number of carbonyl (C=O) groups is 2. The molecule has 110 valence electrons. The summed E-state index contributed by atoms with van der Waals surface area (Å²) in [4.78, 5) is 22.5. The standard InChI is InChI=1S/C10H11F3N4O3/c1-4(8(18)14-5-2-3-5)17-7(10(11,12)13)6(9(19)20)15-16-17/h4-5H,2-3H2,1H3,(H,14,18)(H,19,20). The molecule has 1 aromatic rings. The fourth-order valence-electron chi connectivity index (χ4n) is 1.63. The molecule has 0 spiro atoms. The maximum atomic E-state index is 12.9. The van der Waals surface area contributed by atoms with Gasteiger partial charge in [-0.3, -0.25) is 4.79 Å². The lowest BCUT2D eigenvalue weighted by Crippen LogP contribution is -2.34. The second kappa shape index (κ2) is 4.76. The number of hydrogen-bond acceptors (Lipinski definition) is 4. The van der Waals surface area contributed by atoms with Crippen molar-refractivity contribution in [2.45, 2.75) is 38.0 Å².